The van der Waals surface area contributed by atoms with Crippen LogP contribution < -0.4 is 0 Å². The van der Waals surface area contributed by atoms with Gasteiger partial charge in [-0.3, -0.25) is 0 Å². The van der Waals surface area contributed by atoms with Crippen molar-refractivity contribution in [2.45, 2.75) is 50.8 Å². The Bertz CT molecular complexity index is 779. The summed E-state index contributed by atoms with van der Waals surface area (Å²) in [5, 5.41) is 19.5. The Morgan fingerprint density at radius 3 is 2.27 bits per heavy atom. The number of hydrogen-bond donors (Lipinski definition) is 0. The van der Waals surface area contributed by atoms with Crippen LogP contribution in [-0.2, 0) is 0 Å². The van der Waals surface area contributed by atoms with Crippen molar-refractivity contribution in [2.75, 3.05) is 0 Å². The van der Waals surface area contributed by atoms with Crippen LogP contribution in [0.25, 0.3) is 5.52 Å². The Hall–Kier alpha value is -1.91. The lowest BCUT2D eigenvalue weighted by Gasteiger charge is -2.31. The normalized spacial score (nSPS) is 12.1. The molecule has 0 aliphatic rings. The molecule has 0 unspecified atom stereocenters. The van der Waals surface area contributed by atoms with Gasteiger partial charge in [-0.05, 0) is 30.0 Å². The number of aromatic nitrogens is 1. The monoisotopic (exact) mass is 311 g/mol. The van der Waals surface area contributed by atoms with E-state index in [1.807, 2.05) is 34.5 Å². The van der Waals surface area contributed by atoms with E-state index in [4.69, 9.17) is 5.26 Å². The highest BCUT2D eigenvalue weighted by Gasteiger charge is 2.27. The maximum atomic E-state index is 9.32. The smallest absolute Gasteiger partial charge is 0.103 e. The summed E-state index contributed by atoms with van der Waals surface area (Å²) in [5.41, 5.74) is 1.94. The van der Waals surface area contributed by atoms with Gasteiger partial charge in [0.25, 0.3) is 0 Å². The zero-order valence-electron chi connectivity index (χ0n) is 13.8. The van der Waals surface area contributed by atoms with Gasteiger partial charge in [0.2, 0.25) is 0 Å². The lowest BCUT2D eigenvalue weighted by atomic mass is 9.86. The first-order valence-corrected chi connectivity index (χ1v) is 8.12. The first kappa shape index (κ1) is 16.5. The molecular weight excluding hydrogens is 290 g/mol. The van der Waals surface area contributed by atoms with Crippen molar-refractivity contribution in [3.05, 3.63) is 35.5 Å². The highest BCUT2D eigenvalue weighted by atomic mass is 32.2. The minimum absolute atomic E-state index is 0.0905. The molecule has 2 heterocycles. The van der Waals surface area contributed by atoms with Crippen molar-refractivity contribution in [1.82, 2.24) is 4.40 Å². The highest BCUT2D eigenvalue weighted by molar-refractivity contribution is 8.00. The maximum Gasteiger partial charge on any atom is 0.103 e. The van der Waals surface area contributed by atoms with Gasteiger partial charge in [0.1, 0.15) is 12.1 Å². The number of nitriles is 2. The first-order valence-electron chi connectivity index (χ1n) is 7.30. The zero-order valence-corrected chi connectivity index (χ0v) is 14.6. The second-order valence-corrected chi connectivity index (χ2v) is 9.08. The van der Waals surface area contributed by atoms with Crippen molar-refractivity contribution >= 4 is 17.3 Å². The summed E-state index contributed by atoms with van der Waals surface area (Å²) >= 11 is 1.81. The molecule has 2 aromatic rings. The van der Waals surface area contributed by atoms with Gasteiger partial charge in [0, 0.05) is 10.9 Å². The fraction of sp³-hybridized carbons (Fsp3) is 0.444. The molecule has 22 heavy (non-hydrogen) atoms. The minimum atomic E-state index is 0.0905. The van der Waals surface area contributed by atoms with Crippen molar-refractivity contribution in [3.8, 4) is 12.1 Å². The van der Waals surface area contributed by atoms with Crippen LogP contribution in [0.3, 0.4) is 0 Å². The molecule has 0 radical (unpaired) electrons. The van der Waals surface area contributed by atoms with Crippen LogP contribution in [0.5, 0.6) is 0 Å². The van der Waals surface area contributed by atoms with Crippen molar-refractivity contribution in [3.63, 3.8) is 0 Å². The molecule has 0 aliphatic heterocycles. The number of nitrogens with zero attached hydrogens (tertiary/aromatic N) is 3. The van der Waals surface area contributed by atoms with E-state index < -0.39 is 0 Å². The second-order valence-electron chi connectivity index (χ2n) is 7.35. The Labute approximate surface area is 136 Å². The summed E-state index contributed by atoms with van der Waals surface area (Å²) in [7, 11) is 0. The fourth-order valence-electron chi connectivity index (χ4n) is 3.05. The van der Waals surface area contributed by atoms with Crippen molar-refractivity contribution < 1.29 is 0 Å². The molecule has 0 saturated heterocycles. The van der Waals surface area contributed by atoms with Gasteiger partial charge in [-0.1, -0.05) is 34.6 Å². The van der Waals surface area contributed by atoms with E-state index in [1.165, 1.54) is 0 Å². The van der Waals surface area contributed by atoms with E-state index in [0.29, 0.717) is 11.1 Å². The van der Waals surface area contributed by atoms with Crippen LogP contribution in [0.4, 0.5) is 0 Å². The van der Waals surface area contributed by atoms with Crippen LogP contribution in [0.2, 0.25) is 0 Å². The summed E-state index contributed by atoms with van der Waals surface area (Å²) in [5.74, 6) is 0. The quantitative estimate of drug-likeness (QED) is 0.750. The molecule has 4 heteroatoms. The van der Waals surface area contributed by atoms with Gasteiger partial charge < -0.3 is 4.40 Å². The number of hydrogen-bond acceptors (Lipinski definition) is 3. The molecule has 2 rings (SSSR count). The van der Waals surface area contributed by atoms with Gasteiger partial charge in [0.05, 0.1) is 21.7 Å². The molecular formula is C18H21N3S. The van der Waals surface area contributed by atoms with Crippen molar-refractivity contribution in [1.29, 1.82) is 10.5 Å². The average molecular weight is 311 g/mol. The largest absolute Gasteiger partial charge is 0.310 e. The number of fused-ring (bicyclic) bond motifs is 1. The predicted molar refractivity (Wildman–Crippen MR) is 90.8 cm³/mol. The Morgan fingerprint density at radius 2 is 1.73 bits per heavy atom. The lowest BCUT2D eigenvalue weighted by Crippen LogP contribution is -2.23. The Balaban J connectivity index is 2.43. The molecule has 3 nitrogen and oxygen atoms in total. The van der Waals surface area contributed by atoms with Crippen LogP contribution in [0.15, 0.2) is 29.4 Å². The van der Waals surface area contributed by atoms with E-state index in [0.717, 1.165) is 17.0 Å². The SMILES string of the molecule is CC(C)(C)CC(C)(C)Sc1ccc2c(C#N)c(C#N)ccn12. The second kappa shape index (κ2) is 5.71. The van der Waals surface area contributed by atoms with Crippen LogP contribution in [0.1, 0.15) is 52.2 Å². The van der Waals surface area contributed by atoms with Gasteiger partial charge in [0.15, 0.2) is 0 Å². The zero-order chi connectivity index (χ0) is 16.5. The lowest BCUT2D eigenvalue weighted by molar-refractivity contribution is 0.339. The van der Waals surface area contributed by atoms with E-state index >= 15 is 0 Å². The molecule has 2 aromatic heterocycles. The summed E-state index contributed by atoms with van der Waals surface area (Å²) in [4.78, 5) is 0. The standard InChI is InChI=1S/C18H21N3S/c1-17(2,3)12-18(4,5)22-16-7-6-15-14(11-20)13(10-19)8-9-21(15)16/h6-9H,12H2,1-5H3. The average Bonchev–Trinajstić information content (AvgIpc) is 2.77. The van der Waals surface area contributed by atoms with Crippen molar-refractivity contribution in [2.24, 2.45) is 5.41 Å². The Morgan fingerprint density at radius 1 is 1.05 bits per heavy atom. The van der Waals surface area contributed by atoms with E-state index in [9.17, 15) is 5.26 Å². The van der Waals surface area contributed by atoms with Gasteiger partial charge >= 0.3 is 0 Å². The van der Waals surface area contributed by atoms with Gasteiger partial charge in [-0.25, -0.2) is 0 Å². The Kier molecular flexibility index (Phi) is 4.27. The third-order valence-corrected chi connectivity index (χ3v) is 4.60. The van der Waals surface area contributed by atoms with Crippen LogP contribution in [0, 0.1) is 28.1 Å². The molecule has 114 valence electrons. The van der Waals surface area contributed by atoms with E-state index in [1.54, 1.807) is 6.07 Å². The third-order valence-electron chi connectivity index (χ3n) is 3.37. The maximum absolute atomic E-state index is 9.32. The number of rotatable bonds is 3. The summed E-state index contributed by atoms with van der Waals surface area (Å²) in [6.45, 7) is 11.2. The molecule has 0 amide bonds. The third kappa shape index (κ3) is 3.46. The van der Waals surface area contributed by atoms with E-state index in [2.05, 4.69) is 46.8 Å². The summed E-state index contributed by atoms with van der Waals surface area (Å²) in [6, 6.07) is 9.91. The molecule has 0 fully saturated rings. The summed E-state index contributed by atoms with van der Waals surface area (Å²) in [6.07, 6.45) is 2.96. The molecule has 0 aliphatic carbocycles. The van der Waals surface area contributed by atoms with Crippen LogP contribution >= 0.6 is 11.8 Å². The molecule has 0 atom stereocenters. The molecule has 0 saturated carbocycles. The topological polar surface area (TPSA) is 52.0 Å². The molecule has 0 spiro atoms. The molecule has 0 N–H and O–H groups in total. The highest BCUT2D eigenvalue weighted by Crippen LogP contribution is 2.41. The minimum Gasteiger partial charge on any atom is -0.310 e. The number of thioether (sulfide) groups is 1. The van der Waals surface area contributed by atoms with E-state index in [-0.39, 0.29) is 10.2 Å². The predicted octanol–water partition coefficient (Wildman–Crippen LogP) is 4.99. The van der Waals surface area contributed by atoms with Crippen LogP contribution in [-0.4, -0.2) is 9.15 Å². The van der Waals surface area contributed by atoms with Gasteiger partial charge in [-0.15, -0.1) is 11.8 Å². The van der Waals surface area contributed by atoms with Gasteiger partial charge in [-0.2, -0.15) is 10.5 Å². The summed E-state index contributed by atoms with van der Waals surface area (Å²) < 4.78 is 2.10. The number of pyridine rings is 1. The first-order chi connectivity index (χ1) is 10.2. The molecule has 0 aromatic carbocycles. The molecule has 0 bridgehead atoms. The fourth-order valence-corrected chi connectivity index (χ4v) is 4.51.